The summed E-state index contributed by atoms with van der Waals surface area (Å²) in [7, 11) is 2.92. The molecule has 1 aromatic heterocycles. The zero-order valence-electron chi connectivity index (χ0n) is 22.5. The van der Waals surface area contributed by atoms with Crippen LogP contribution in [0.2, 0.25) is 5.02 Å². The second-order valence-electron chi connectivity index (χ2n) is 9.14. The highest BCUT2D eigenvalue weighted by atomic mass is 127. The van der Waals surface area contributed by atoms with Crippen molar-refractivity contribution in [3.05, 3.63) is 123 Å². The Labute approximate surface area is 259 Å². The molecule has 5 rings (SSSR count). The molecule has 0 N–H and O–H groups in total. The third-order valence-corrected chi connectivity index (χ3v) is 8.43. The maximum atomic E-state index is 14.0. The molecule has 0 saturated heterocycles. The number of benzene rings is 3. The monoisotopic (exact) mass is 700 g/mol. The Morgan fingerprint density at radius 3 is 2.59 bits per heavy atom. The van der Waals surface area contributed by atoms with Gasteiger partial charge in [-0.2, -0.15) is 0 Å². The van der Waals surface area contributed by atoms with Gasteiger partial charge in [-0.15, -0.1) is 0 Å². The molecule has 41 heavy (non-hydrogen) atoms. The fraction of sp³-hybridized carbons (Fsp3) is 0.194. The van der Waals surface area contributed by atoms with Crippen LogP contribution in [0.15, 0.2) is 87.8 Å². The summed E-state index contributed by atoms with van der Waals surface area (Å²) in [5, 5.41) is 0.618. The van der Waals surface area contributed by atoms with E-state index in [1.54, 1.807) is 23.8 Å². The van der Waals surface area contributed by atoms with Crippen LogP contribution in [-0.2, 0) is 16.1 Å². The highest BCUT2D eigenvalue weighted by Crippen LogP contribution is 2.35. The lowest BCUT2D eigenvalue weighted by Gasteiger charge is -2.25. The predicted octanol–water partition coefficient (Wildman–Crippen LogP) is 5.64. The van der Waals surface area contributed by atoms with Gasteiger partial charge in [0.1, 0.15) is 6.61 Å². The van der Waals surface area contributed by atoms with Gasteiger partial charge in [0.05, 0.1) is 36.1 Å². The highest BCUT2D eigenvalue weighted by Gasteiger charge is 2.33. The van der Waals surface area contributed by atoms with Crippen LogP contribution < -0.4 is 24.4 Å². The van der Waals surface area contributed by atoms with E-state index in [1.165, 1.54) is 18.4 Å². The van der Waals surface area contributed by atoms with Crippen molar-refractivity contribution in [3.8, 4) is 11.5 Å². The number of carbonyl (C=O) groups excluding carboxylic acids is 1. The molecule has 0 bridgehead atoms. The van der Waals surface area contributed by atoms with Gasteiger partial charge in [-0.25, -0.2) is 9.79 Å². The molecule has 1 aliphatic heterocycles. The molecule has 0 unspecified atom stereocenters. The molecule has 7 nitrogen and oxygen atoms in total. The van der Waals surface area contributed by atoms with Gasteiger partial charge >= 0.3 is 5.97 Å². The van der Waals surface area contributed by atoms with E-state index < -0.39 is 12.0 Å². The SMILES string of the molecule is CCC1=C(C(=O)OC)[C@H](c2ccccc2)n2c(s/c(=C/c3cc(I)cc(OC)c3OCc3cccc(Cl)c3)c2=O)=N1. The Bertz CT molecular complexity index is 1830. The van der Waals surface area contributed by atoms with Crippen molar-refractivity contribution in [1.82, 2.24) is 4.57 Å². The number of hydrogen-bond acceptors (Lipinski definition) is 7. The largest absolute Gasteiger partial charge is 0.493 e. The number of ether oxygens (including phenoxy) is 3. The lowest BCUT2D eigenvalue weighted by Crippen LogP contribution is -2.40. The van der Waals surface area contributed by atoms with Crippen LogP contribution in [0.25, 0.3) is 6.08 Å². The number of nitrogens with zero attached hydrogens (tertiary/aromatic N) is 2. The molecule has 1 aliphatic rings. The number of fused-ring (bicyclic) bond motifs is 1. The van der Waals surface area contributed by atoms with Crippen molar-refractivity contribution in [3.63, 3.8) is 0 Å². The first-order valence-electron chi connectivity index (χ1n) is 12.8. The number of thiazole rings is 1. The van der Waals surface area contributed by atoms with Crippen LogP contribution in [-0.4, -0.2) is 24.8 Å². The molecule has 1 atom stereocenters. The van der Waals surface area contributed by atoms with E-state index in [9.17, 15) is 9.59 Å². The number of hydrogen-bond donors (Lipinski definition) is 0. The molecule has 210 valence electrons. The summed E-state index contributed by atoms with van der Waals surface area (Å²) in [6, 6.07) is 20.0. The minimum Gasteiger partial charge on any atom is -0.493 e. The second kappa shape index (κ2) is 12.6. The van der Waals surface area contributed by atoms with E-state index >= 15 is 0 Å². The first-order valence-corrected chi connectivity index (χ1v) is 15.0. The van der Waals surface area contributed by atoms with Crippen LogP contribution in [0.3, 0.4) is 0 Å². The third-order valence-electron chi connectivity index (χ3n) is 6.59. The van der Waals surface area contributed by atoms with E-state index in [0.717, 1.165) is 14.7 Å². The maximum Gasteiger partial charge on any atom is 0.338 e. The van der Waals surface area contributed by atoms with Gasteiger partial charge in [-0.3, -0.25) is 9.36 Å². The summed E-state index contributed by atoms with van der Waals surface area (Å²) in [6.45, 7) is 2.19. The van der Waals surface area contributed by atoms with Crippen molar-refractivity contribution in [2.75, 3.05) is 14.2 Å². The zero-order chi connectivity index (χ0) is 29.1. The van der Waals surface area contributed by atoms with Crippen molar-refractivity contribution in [2.24, 2.45) is 4.99 Å². The van der Waals surface area contributed by atoms with E-state index in [-0.39, 0.29) is 12.2 Å². The number of methoxy groups -OCH3 is 2. The Kier molecular flexibility index (Phi) is 8.96. The minimum absolute atomic E-state index is 0.260. The molecular weight excluding hydrogens is 675 g/mol. The fourth-order valence-electron chi connectivity index (χ4n) is 4.74. The lowest BCUT2D eigenvalue weighted by atomic mass is 9.95. The second-order valence-corrected chi connectivity index (χ2v) is 11.8. The molecule has 4 aromatic rings. The number of allylic oxidation sites excluding steroid dienone is 1. The van der Waals surface area contributed by atoms with E-state index in [1.807, 2.05) is 67.6 Å². The smallest absolute Gasteiger partial charge is 0.338 e. The summed E-state index contributed by atoms with van der Waals surface area (Å²) < 4.78 is 20.0. The average Bonchev–Trinajstić information content (AvgIpc) is 3.29. The molecule has 0 fully saturated rings. The Morgan fingerprint density at radius 2 is 1.90 bits per heavy atom. The van der Waals surface area contributed by atoms with Crippen LogP contribution in [0.4, 0.5) is 0 Å². The molecule has 0 amide bonds. The first kappa shape index (κ1) is 29.1. The van der Waals surface area contributed by atoms with Gasteiger partial charge in [0, 0.05) is 14.2 Å². The molecule has 0 radical (unpaired) electrons. The number of aromatic nitrogens is 1. The minimum atomic E-state index is -0.666. The van der Waals surface area contributed by atoms with Gasteiger partial charge in [-0.1, -0.05) is 72.3 Å². The zero-order valence-corrected chi connectivity index (χ0v) is 26.2. The Balaban J connectivity index is 1.68. The van der Waals surface area contributed by atoms with Crippen LogP contribution >= 0.6 is 45.5 Å². The number of esters is 1. The van der Waals surface area contributed by atoms with Crippen LogP contribution in [0.1, 0.15) is 36.1 Å². The lowest BCUT2D eigenvalue weighted by molar-refractivity contribution is -0.136. The molecule has 0 saturated carbocycles. The fourth-order valence-corrected chi connectivity index (χ4v) is 6.58. The highest BCUT2D eigenvalue weighted by molar-refractivity contribution is 14.1. The van der Waals surface area contributed by atoms with Gasteiger partial charge in [0.2, 0.25) is 0 Å². The van der Waals surface area contributed by atoms with Crippen molar-refractivity contribution in [2.45, 2.75) is 26.0 Å². The molecule has 3 aromatic carbocycles. The molecule has 0 aliphatic carbocycles. The van der Waals surface area contributed by atoms with Gasteiger partial charge < -0.3 is 14.2 Å². The molecular formula is C31H26ClIN2O5S. The Hall–Kier alpha value is -3.41. The van der Waals surface area contributed by atoms with Crippen LogP contribution in [0, 0.1) is 3.57 Å². The van der Waals surface area contributed by atoms with Gasteiger partial charge in [0.15, 0.2) is 16.3 Å². The maximum absolute atomic E-state index is 14.0. The quantitative estimate of drug-likeness (QED) is 0.176. The van der Waals surface area contributed by atoms with Crippen LogP contribution in [0.5, 0.6) is 11.5 Å². The number of halogens is 2. The standard InChI is InChI=1S/C31H26ClIN2O5S/c1-4-23-26(30(37)39-3)27(19-10-6-5-7-11-19)35-29(36)25(41-31(35)34-23)15-20-14-22(33)16-24(38-2)28(20)40-17-18-9-8-12-21(32)13-18/h5-16,27H,4,17H2,1-3H3/b25-15+/t27-/m0/s1. The van der Waals surface area contributed by atoms with Crippen molar-refractivity contribution < 1.29 is 19.0 Å². The summed E-state index contributed by atoms with van der Waals surface area (Å²) in [5.41, 5.74) is 3.07. The molecule has 0 spiro atoms. The topological polar surface area (TPSA) is 79.1 Å². The predicted molar refractivity (Wildman–Crippen MR) is 168 cm³/mol. The van der Waals surface area contributed by atoms with Gasteiger partial charge in [0.25, 0.3) is 5.56 Å². The summed E-state index contributed by atoms with van der Waals surface area (Å²) in [6.07, 6.45) is 2.30. The summed E-state index contributed by atoms with van der Waals surface area (Å²) in [4.78, 5) is 32.3. The van der Waals surface area contributed by atoms with E-state index in [4.69, 9.17) is 30.8 Å². The number of rotatable bonds is 8. The summed E-state index contributed by atoms with van der Waals surface area (Å²) in [5.74, 6) is 0.539. The average molecular weight is 701 g/mol. The van der Waals surface area contributed by atoms with Gasteiger partial charge in [-0.05, 0) is 70.5 Å². The molecule has 2 heterocycles. The van der Waals surface area contributed by atoms with Crippen molar-refractivity contribution >= 4 is 57.6 Å². The summed E-state index contributed by atoms with van der Waals surface area (Å²) >= 11 is 9.64. The van der Waals surface area contributed by atoms with Crippen molar-refractivity contribution in [1.29, 1.82) is 0 Å². The molecule has 10 heteroatoms. The van der Waals surface area contributed by atoms with E-state index in [0.29, 0.717) is 49.1 Å². The normalized spacial score (nSPS) is 14.9. The third kappa shape index (κ3) is 5.98. The Morgan fingerprint density at radius 1 is 1.12 bits per heavy atom. The first-order chi connectivity index (χ1) is 19.8. The number of carbonyl (C=O) groups is 1. The van der Waals surface area contributed by atoms with E-state index in [2.05, 4.69) is 22.6 Å².